The van der Waals surface area contributed by atoms with Gasteiger partial charge in [0.2, 0.25) is 0 Å². The summed E-state index contributed by atoms with van der Waals surface area (Å²) in [5, 5.41) is 10.0. The molecule has 1 fully saturated rings. The Morgan fingerprint density at radius 3 is 2.50 bits per heavy atom. The highest BCUT2D eigenvalue weighted by Gasteiger charge is 2.39. The Balaban J connectivity index is 1.85. The number of nitrogens with zero attached hydrogens (tertiary/aromatic N) is 4. The van der Waals surface area contributed by atoms with E-state index < -0.39 is 11.5 Å². The molecule has 1 aliphatic rings. The van der Waals surface area contributed by atoms with Gasteiger partial charge in [0.25, 0.3) is 5.91 Å². The first-order valence-corrected chi connectivity index (χ1v) is 10.6. The summed E-state index contributed by atoms with van der Waals surface area (Å²) < 4.78 is 18.2. The fraction of sp³-hybridized carbons (Fsp3) is 0.381. The van der Waals surface area contributed by atoms with Crippen molar-refractivity contribution in [3.8, 4) is 5.75 Å². The Kier molecular flexibility index (Phi) is 6.17. The van der Waals surface area contributed by atoms with Crippen LogP contribution in [0.2, 0.25) is 10.0 Å². The van der Waals surface area contributed by atoms with Gasteiger partial charge in [0, 0.05) is 20.2 Å². The molecule has 1 saturated heterocycles. The maximum absolute atomic E-state index is 13.1. The lowest BCUT2D eigenvalue weighted by Gasteiger charge is -2.37. The number of piperidine rings is 1. The number of hydrogen-bond donors (Lipinski definition) is 1. The van der Waals surface area contributed by atoms with Crippen molar-refractivity contribution in [3.05, 3.63) is 51.5 Å². The van der Waals surface area contributed by atoms with Gasteiger partial charge in [-0.15, -0.1) is 0 Å². The van der Waals surface area contributed by atoms with Crippen LogP contribution in [0.3, 0.4) is 0 Å². The number of halogens is 2. The molecule has 4 rings (SSSR count). The molecule has 4 heterocycles. The van der Waals surface area contributed by atoms with E-state index in [0.717, 1.165) is 25.9 Å². The van der Waals surface area contributed by atoms with E-state index in [4.69, 9.17) is 37.1 Å². The minimum Gasteiger partial charge on any atom is -0.491 e. The largest absolute Gasteiger partial charge is 0.491 e. The summed E-state index contributed by atoms with van der Waals surface area (Å²) in [5.41, 5.74) is -0.179. The number of amides is 1. The van der Waals surface area contributed by atoms with Crippen molar-refractivity contribution in [2.24, 2.45) is 4.99 Å². The molecule has 3 aromatic heterocycles. The lowest BCUT2D eigenvalue weighted by molar-refractivity contribution is -0.0720. The molecule has 1 aliphatic heterocycles. The van der Waals surface area contributed by atoms with Gasteiger partial charge in [0.15, 0.2) is 11.3 Å². The minimum absolute atomic E-state index is 0.00986. The van der Waals surface area contributed by atoms with Gasteiger partial charge in [-0.05, 0) is 26.0 Å². The molecule has 0 saturated carbocycles. The van der Waals surface area contributed by atoms with Crippen molar-refractivity contribution in [1.29, 1.82) is 0 Å². The molecule has 1 N–H and O–H groups in total. The quantitative estimate of drug-likeness (QED) is 0.570. The van der Waals surface area contributed by atoms with Crippen molar-refractivity contribution in [1.82, 2.24) is 14.6 Å². The van der Waals surface area contributed by atoms with Crippen LogP contribution in [0.4, 0.5) is 0 Å². The van der Waals surface area contributed by atoms with Crippen LogP contribution in [0.15, 0.2) is 34.1 Å². The van der Waals surface area contributed by atoms with Crippen molar-refractivity contribution >= 4 is 40.1 Å². The van der Waals surface area contributed by atoms with E-state index in [1.165, 1.54) is 25.7 Å². The zero-order valence-corrected chi connectivity index (χ0v) is 19.3. The third-order valence-electron chi connectivity index (χ3n) is 5.74. The number of carbonyl (C=O) groups excluding carboxylic acids is 1. The Hall–Kier alpha value is -2.59. The number of aromatic nitrogens is 2. The van der Waals surface area contributed by atoms with Crippen LogP contribution in [0.5, 0.6) is 5.75 Å². The Morgan fingerprint density at radius 2 is 1.91 bits per heavy atom. The number of rotatable bonds is 4. The van der Waals surface area contributed by atoms with E-state index in [0.29, 0.717) is 27.2 Å². The monoisotopic (exact) mass is 480 g/mol. The molecule has 0 bridgehead atoms. The molecular weight excluding hydrogens is 459 g/mol. The van der Waals surface area contributed by atoms with Crippen molar-refractivity contribution in [2.45, 2.75) is 18.4 Å². The Morgan fingerprint density at radius 1 is 1.25 bits per heavy atom. The number of pyridine rings is 2. The van der Waals surface area contributed by atoms with Crippen LogP contribution in [0.1, 0.15) is 29.1 Å². The fourth-order valence-electron chi connectivity index (χ4n) is 3.84. The maximum atomic E-state index is 13.1. The molecular formula is C21H22Cl2N4O5. The number of carbonyl (C=O) groups is 1. The van der Waals surface area contributed by atoms with Crippen molar-refractivity contribution in [3.63, 3.8) is 0 Å². The average Bonchev–Trinajstić information content (AvgIpc) is 3.22. The molecule has 0 aromatic carbocycles. The van der Waals surface area contributed by atoms with E-state index in [1.54, 1.807) is 13.2 Å². The number of likely N-dealkylation sites (tertiary alicyclic amines) is 1. The van der Waals surface area contributed by atoms with E-state index >= 15 is 0 Å². The van der Waals surface area contributed by atoms with Gasteiger partial charge in [0.1, 0.15) is 22.4 Å². The summed E-state index contributed by atoms with van der Waals surface area (Å²) in [7, 11) is 5.21. The first-order valence-electron chi connectivity index (χ1n) is 9.84. The molecule has 9 nitrogen and oxygen atoms in total. The molecule has 0 atom stereocenters. The predicted octanol–water partition coefficient (Wildman–Crippen LogP) is 3.49. The smallest absolute Gasteiger partial charge is 0.296 e. The van der Waals surface area contributed by atoms with Crippen LogP contribution in [0, 0.1) is 0 Å². The molecule has 1 amide bonds. The molecule has 0 unspecified atom stereocenters. The predicted molar refractivity (Wildman–Crippen MR) is 118 cm³/mol. The standard InChI is InChI=1S/C21H22Cl2N4O5/c1-26-6-4-21(31-3,5-7-26)16-8-12-17(24-9-15(30-2)19(12)32-16)20(28)25-18-13(22)10-27(29)11-14(18)23/h8-11,29H,4-7H2,1-3H3. The van der Waals surface area contributed by atoms with E-state index in [2.05, 4.69) is 21.9 Å². The maximum Gasteiger partial charge on any atom is 0.296 e. The fourth-order valence-corrected chi connectivity index (χ4v) is 4.38. The average molecular weight is 481 g/mol. The third kappa shape index (κ3) is 3.97. The zero-order chi connectivity index (χ0) is 23.0. The topological polar surface area (TPSA) is 102 Å². The van der Waals surface area contributed by atoms with Gasteiger partial charge in [0.05, 0.1) is 41.1 Å². The number of hydrogen-bond acceptors (Lipinski definition) is 7. The normalized spacial score (nSPS) is 16.3. The first-order chi connectivity index (χ1) is 15.3. The van der Waals surface area contributed by atoms with Gasteiger partial charge in [-0.1, -0.05) is 23.2 Å². The number of ether oxygens (including phenoxy) is 2. The highest BCUT2D eigenvalue weighted by Crippen LogP contribution is 2.41. The van der Waals surface area contributed by atoms with Crippen LogP contribution >= 0.6 is 23.2 Å². The second-order valence-electron chi connectivity index (χ2n) is 7.63. The molecule has 32 heavy (non-hydrogen) atoms. The van der Waals surface area contributed by atoms with Crippen LogP contribution in [0.25, 0.3) is 11.0 Å². The molecule has 0 radical (unpaired) electrons. The lowest BCUT2D eigenvalue weighted by atomic mass is 9.88. The minimum atomic E-state index is -0.667. The highest BCUT2D eigenvalue weighted by atomic mass is 35.5. The molecule has 11 heteroatoms. The highest BCUT2D eigenvalue weighted by molar-refractivity contribution is 6.34. The van der Waals surface area contributed by atoms with Crippen LogP contribution < -0.4 is 10.1 Å². The molecule has 0 spiro atoms. The molecule has 0 aliphatic carbocycles. The van der Waals surface area contributed by atoms with E-state index in [9.17, 15) is 10.0 Å². The second-order valence-corrected chi connectivity index (χ2v) is 8.44. The zero-order valence-electron chi connectivity index (χ0n) is 17.8. The van der Waals surface area contributed by atoms with Crippen molar-refractivity contribution < 1.29 is 23.9 Å². The summed E-state index contributed by atoms with van der Waals surface area (Å²) in [4.78, 5) is 23.6. The van der Waals surface area contributed by atoms with Gasteiger partial charge >= 0.3 is 0 Å². The first kappa shape index (κ1) is 22.6. The summed E-state index contributed by atoms with van der Waals surface area (Å²) in [6.45, 7) is 1.69. The number of fused-ring (bicyclic) bond motifs is 1. The summed E-state index contributed by atoms with van der Waals surface area (Å²) in [5.74, 6) is 0.318. The van der Waals surface area contributed by atoms with E-state index in [1.807, 2.05) is 0 Å². The third-order valence-corrected chi connectivity index (χ3v) is 6.29. The van der Waals surface area contributed by atoms with Crippen LogP contribution in [-0.4, -0.2) is 60.1 Å². The van der Waals surface area contributed by atoms with Gasteiger partial charge in [-0.2, -0.15) is 4.73 Å². The van der Waals surface area contributed by atoms with E-state index in [-0.39, 0.29) is 21.1 Å². The van der Waals surface area contributed by atoms with Gasteiger partial charge in [-0.25, -0.2) is 9.98 Å². The van der Waals surface area contributed by atoms with Crippen LogP contribution in [-0.2, 0) is 10.3 Å². The van der Waals surface area contributed by atoms with Crippen molar-refractivity contribution in [2.75, 3.05) is 34.4 Å². The number of methoxy groups -OCH3 is 2. The molecule has 170 valence electrons. The molecule has 3 aromatic rings. The van der Waals surface area contributed by atoms with Gasteiger partial charge in [-0.3, -0.25) is 4.79 Å². The Labute approximate surface area is 193 Å². The SMILES string of the molecule is COc1cnc(C(=O)N=c2c(Cl)cn(O)cc2Cl)c2cc(C3(OC)CCN(C)CC3)oc12. The summed E-state index contributed by atoms with van der Waals surface area (Å²) >= 11 is 12.2. The van der Waals surface area contributed by atoms with Gasteiger partial charge < -0.3 is 24.0 Å². The lowest BCUT2D eigenvalue weighted by Crippen LogP contribution is -2.41. The second kappa shape index (κ2) is 8.74. The summed E-state index contributed by atoms with van der Waals surface area (Å²) in [6.07, 6.45) is 5.23. The summed E-state index contributed by atoms with van der Waals surface area (Å²) in [6, 6.07) is 1.76. The Bertz CT molecular complexity index is 1220. The number of furan rings is 1.